The normalized spacial score (nSPS) is 11.7. The Morgan fingerprint density at radius 2 is 1.83 bits per heavy atom. The number of fused-ring (bicyclic) bond motifs is 1. The Hall–Kier alpha value is -2.76. The second-order valence-electron chi connectivity index (χ2n) is 5.22. The van der Waals surface area contributed by atoms with Crippen LogP contribution in [0.5, 0.6) is 0 Å². The second kappa shape index (κ2) is 5.46. The van der Waals surface area contributed by atoms with Gasteiger partial charge in [-0.05, 0) is 37.3 Å². The van der Waals surface area contributed by atoms with E-state index in [0.29, 0.717) is 5.69 Å². The number of carbonyl (C=O) groups is 1. The van der Waals surface area contributed by atoms with Gasteiger partial charge in [-0.1, -0.05) is 18.2 Å². The van der Waals surface area contributed by atoms with Crippen molar-refractivity contribution in [2.75, 3.05) is 5.32 Å². The van der Waals surface area contributed by atoms with Gasteiger partial charge in [0.2, 0.25) is 0 Å². The largest absolute Gasteiger partial charge is 0.417 e. The van der Waals surface area contributed by atoms with Crippen molar-refractivity contribution in [1.29, 1.82) is 0 Å². The summed E-state index contributed by atoms with van der Waals surface area (Å²) in [6, 6.07) is 11.8. The van der Waals surface area contributed by atoms with Gasteiger partial charge in [-0.15, -0.1) is 0 Å². The minimum atomic E-state index is -4.58. The summed E-state index contributed by atoms with van der Waals surface area (Å²) in [5, 5.41) is 3.32. The molecule has 1 heterocycles. The highest BCUT2D eigenvalue weighted by molar-refractivity contribution is 6.09. The van der Waals surface area contributed by atoms with Gasteiger partial charge < -0.3 is 10.3 Å². The van der Waals surface area contributed by atoms with E-state index in [1.54, 1.807) is 12.1 Å². The molecule has 0 saturated carbocycles. The topological polar surface area (TPSA) is 44.9 Å². The number of anilines is 1. The summed E-state index contributed by atoms with van der Waals surface area (Å²) in [7, 11) is 0. The number of benzene rings is 2. The Morgan fingerprint density at radius 1 is 1.09 bits per heavy atom. The van der Waals surface area contributed by atoms with E-state index < -0.39 is 23.2 Å². The van der Waals surface area contributed by atoms with Crippen molar-refractivity contribution in [3.05, 3.63) is 65.4 Å². The van der Waals surface area contributed by atoms with Crippen molar-refractivity contribution in [3.8, 4) is 0 Å². The second-order valence-corrected chi connectivity index (χ2v) is 5.22. The van der Waals surface area contributed by atoms with Gasteiger partial charge in [-0.3, -0.25) is 4.79 Å². The number of rotatable bonds is 2. The predicted octanol–water partition coefficient (Wildman–Crippen LogP) is 4.75. The van der Waals surface area contributed by atoms with Crippen LogP contribution in [0.3, 0.4) is 0 Å². The molecule has 2 aromatic carbocycles. The van der Waals surface area contributed by atoms with Crippen molar-refractivity contribution in [2.45, 2.75) is 13.1 Å². The van der Waals surface area contributed by atoms with E-state index in [2.05, 4.69) is 10.3 Å². The van der Waals surface area contributed by atoms with Gasteiger partial charge >= 0.3 is 6.18 Å². The average molecular weight is 318 g/mol. The molecule has 0 unspecified atom stereocenters. The number of H-pyrrole nitrogens is 1. The fourth-order valence-electron chi connectivity index (χ4n) is 2.52. The third kappa shape index (κ3) is 2.92. The zero-order valence-corrected chi connectivity index (χ0v) is 12.2. The van der Waals surface area contributed by atoms with Gasteiger partial charge in [0.25, 0.3) is 5.91 Å². The molecule has 1 amide bonds. The number of halogens is 3. The predicted molar refractivity (Wildman–Crippen MR) is 82.4 cm³/mol. The molecule has 118 valence electrons. The number of amides is 1. The minimum absolute atomic E-state index is 0.399. The molecule has 1 aromatic heterocycles. The summed E-state index contributed by atoms with van der Waals surface area (Å²) in [6.07, 6.45) is -4.58. The summed E-state index contributed by atoms with van der Waals surface area (Å²) in [5.74, 6) is -0.788. The number of carbonyl (C=O) groups excluding carboxylic acids is 1. The van der Waals surface area contributed by atoms with E-state index in [9.17, 15) is 18.0 Å². The third-order valence-corrected chi connectivity index (χ3v) is 3.52. The van der Waals surface area contributed by atoms with Crippen molar-refractivity contribution < 1.29 is 18.0 Å². The van der Waals surface area contributed by atoms with E-state index in [1.807, 2.05) is 19.1 Å². The molecule has 0 aliphatic heterocycles. The van der Waals surface area contributed by atoms with Crippen LogP contribution < -0.4 is 5.32 Å². The Balaban J connectivity index is 1.99. The van der Waals surface area contributed by atoms with Crippen LogP contribution in [0.25, 0.3) is 10.9 Å². The van der Waals surface area contributed by atoms with Crippen LogP contribution in [-0.2, 0) is 6.18 Å². The molecule has 23 heavy (non-hydrogen) atoms. The van der Waals surface area contributed by atoms with Crippen LogP contribution in [-0.4, -0.2) is 10.9 Å². The minimum Gasteiger partial charge on any atom is -0.359 e. The Morgan fingerprint density at radius 3 is 2.57 bits per heavy atom. The zero-order chi connectivity index (χ0) is 16.6. The number of aryl methyl sites for hydroxylation is 1. The summed E-state index contributed by atoms with van der Waals surface area (Å²) in [5.41, 5.74) is 0.829. The quantitative estimate of drug-likeness (QED) is 0.704. The van der Waals surface area contributed by atoms with Gasteiger partial charge in [-0.2, -0.15) is 13.2 Å². The number of aromatic amines is 1. The lowest BCUT2D eigenvalue weighted by Gasteiger charge is -2.13. The van der Waals surface area contributed by atoms with Crippen LogP contribution in [0.4, 0.5) is 18.9 Å². The van der Waals surface area contributed by atoms with Crippen LogP contribution >= 0.6 is 0 Å². The molecule has 0 radical (unpaired) electrons. The zero-order valence-electron chi connectivity index (χ0n) is 12.2. The first-order chi connectivity index (χ1) is 10.9. The molecule has 0 bridgehead atoms. The van der Waals surface area contributed by atoms with Gasteiger partial charge in [0, 0.05) is 16.6 Å². The van der Waals surface area contributed by atoms with Crippen molar-refractivity contribution in [3.63, 3.8) is 0 Å². The maximum absolute atomic E-state index is 13.0. The highest BCUT2D eigenvalue weighted by Crippen LogP contribution is 2.32. The van der Waals surface area contributed by atoms with E-state index in [-0.39, 0.29) is 0 Å². The van der Waals surface area contributed by atoms with E-state index in [1.165, 1.54) is 18.2 Å². The molecule has 3 aromatic rings. The van der Waals surface area contributed by atoms with Crippen molar-refractivity contribution in [1.82, 2.24) is 4.98 Å². The molecular formula is C17H13F3N2O. The van der Waals surface area contributed by atoms with Gasteiger partial charge in [0.1, 0.15) is 0 Å². The van der Waals surface area contributed by atoms with Crippen LogP contribution in [0, 0.1) is 6.92 Å². The van der Waals surface area contributed by atoms with Crippen LogP contribution in [0.2, 0.25) is 0 Å². The Labute approximate surface area is 130 Å². The van der Waals surface area contributed by atoms with Crippen molar-refractivity contribution in [2.24, 2.45) is 0 Å². The molecule has 0 aliphatic carbocycles. The first-order valence-corrected chi connectivity index (χ1v) is 6.92. The average Bonchev–Trinajstić information content (AvgIpc) is 2.88. The molecule has 0 fully saturated rings. The first kappa shape index (κ1) is 15.1. The molecule has 2 N–H and O–H groups in total. The highest BCUT2D eigenvalue weighted by atomic mass is 19.4. The summed E-state index contributed by atoms with van der Waals surface area (Å²) < 4.78 is 39.1. The van der Waals surface area contributed by atoms with Crippen molar-refractivity contribution >= 4 is 22.5 Å². The molecule has 0 aliphatic rings. The third-order valence-electron chi connectivity index (χ3n) is 3.52. The summed E-state index contributed by atoms with van der Waals surface area (Å²) in [6.45, 7) is 1.87. The summed E-state index contributed by atoms with van der Waals surface area (Å²) in [4.78, 5) is 15.4. The first-order valence-electron chi connectivity index (χ1n) is 6.92. The maximum atomic E-state index is 13.0. The molecular weight excluding hydrogens is 305 g/mol. The van der Waals surface area contributed by atoms with E-state index in [4.69, 9.17) is 0 Å². The SMILES string of the molecule is Cc1cc2c(NC(=O)c3ccccc3C(F)(F)F)cccc2[nH]1. The fourth-order valence-corrected chi connectivity index (χ4v) is 2.52. The molecule has 0 spiro atoms. The van der Waals surface area contributed by atoms with Gasteiger partial charge in [0.15, 0.2) is 0 Å². The number of nitrogens with one attached hydrogen (secondary N) is 2. The highest BCUT2D eigenvalue weighted by Gasteiger charge is 2.34. The lowest BCUT2D eigenvalue weighted by atomic mass is 10.1. The lowest BCUT2D eigenvalue weighted by molar-refractivity contribution is -0.137. The molecule has 3 nitrogen and oxygen atoms in total. The van der Waals surface area contributed by atoms with Crippen LogP contribution in [0.15, 0.2) is 48.5 Å². The smallest absolute Gasteiger partial charge is 0.359 e. The Bertz CT molecular complexity index is 881. The lowest BCUT2D eigenvalue weighted by Crippen LogP contribution is -2.18. The van der Waals surface area contributed by atoms with Gasteiger partial charge in [-0.25, -0.2) is 0 Å². The van der Waals surface area contributed by atoms with Gasteiger partial charge in [0.05, 0.1) is 16.8 Å². The summed E-state index contributed by atoms with van der Waals surface area (Å²) >= 11 is 0. The van der Waals surface area contributed by atoms with E-state index >= 15 is 0 Å². The Kier molecular flexibility index (Phi) is 3.60. The van der Waals surface area contributed by atoms with Crippen LogP contribution in [0.1, 0.15) is 21.6 Å². The molecule has 0 saturated heterocycles. The standard InChI is InChI=1S/C17H13F3N2O/c1-10-9-12-14(21-10)7-4-8-15(12)22-16(23)11-5-2-3-6-13(11)17(18,19)20/h2-9,21H,1H3,(H,22,23). The maximum Gasteiger partial charge on any atom is 0.417 e. The van der Waals surface area contributed by atoms with E-state index in [0.717, 1.165) is 22.7 Å². The monoisotopic (exact) mass is 318 g/mol. The molecule has 0 atom stereocenters. The number of hydrogen-bond acceptors (Lipinski definition) is 1. The number of aromatic nitrogens is 1. The molecule has 3 rings (SSSR count). The molecule has 6 heteroatoms. The number of alkyl halides is 3. The number of hydrogen-bond donors (Lipinski definition) is 2. The fraction of sp³-hybridized carbons (Fsp3) is 0.118.